The van der Waals surface area contributed by atoms with Gasteiger partial charge in [-0.05, 0) is 0 Å². The molecular weight excluding hydrogens is 223 g/mol. The molecule has 1 aliphatic heterocycles. The van der Waals surface area contributed by atoms with Crippen molar-refractivity contribution in [2.24, 2.45) is 0 Å². The summed E-state index contributed by atoms with van der Waals surface area (Å²) >= 11 is 0. The Morgan fingerprint density at radius 3 is 2.69 bits per heavy atom. The van der Waals surface area contributed by atoms with E-state index in [4.69, 9.17) is 5.26 Å². The molecule has 0 aromatic carbocycles. The molecule has 0 saturated heterocycles. The van der Waals surface area contributed by atoms with Crippen LogP contribution in [0, 0.1) is 11.3 Å². The van der Waals surface area contributed by atoms with Crippen LogP contribution >= 0.6 is 0 Å². The zero-order chi connectivity index (χ0) is 11.8. The first-order valence-electron chi connectivity index (χ1n) is 4.61. The summed E-state index contributed by atoms with van der Waals surface area (Å²) in [5.41, 5.74) is 0. The number of fused-ring (bicyclic) bond motifs is 1. The normalized spacial score (nSPS) is 16.9. The first-order chi connectivity index (χ1) is 7.52. The molecule has 1 aromatic rings. The van der Waals surface area contributed by atoms with Gasteiger partial charge in [0, 0.05) is 13.1 Å². The third kappa shape index (κ3) is 1.86. The van der Waals surface area contributed by atoms with Gasteiger partial charge in [0.2, 0.25) is 5.82 Å². The van der Waals surface area contributed by atoms with Crippen molar-refractivity contribution in [2.75, 3.05) is 13.1 Å². The molecule has 0 N–H and O–H groups in total. The molecule has 16 heavy (non-hydrogen) atoms. The van der Waals surface area contributed by atoms with E-state index >= 15 is 0 Å². The van der Waals surface area contributed by atoms with Crippen molar-refractivity contribution in [1.29, 1.82) is 5.26 Å². The molecule has 0 unspecified atom stereocenters. The fourth-order valence-corrected chi connectivity index (χ4v) is 1.65. The topological polar surface area (TPSA) is 57.7 Å². The average Bonchev–Trinajstić information content (AvgIpc) is 2.60. The summed E-state index contributed by atoms with van der Waals surface area (Å²) in [5.74, 6) is -0.701. The molecule has 0 aliphatic carbocycles. The molecule has 0 fully saturated rings. The van der Waals surface area contributed by atoms with Gasteiger partial charge in [0.25, 0.3) is 0 Å². The Balaban J connectivity index is 2.25. The van der Waals surface area contributed by atoms with Gasteiger partial charge in [-0.25, -0.2) is 0 Å². The fourth-order valence-electron chi connectivity index (χ4n) is 1.65. The molecule has 0 spiro atoms. The van der Waals surface area contributed by atoms with Gasteiger partial charge < -0.3 is 4.57 Å². The molecule has 86 valence electrons. The van der Waals surface area contributed by atoms with Gasteiger partial charge in [-0.3, -0.25) is 4.90 Å². The molecule has 5 nitrogen and oxygen atoms in total. The average molecular weight is 231 g/mol. The predicted octanol–water partition coefficient (Wildman–Crippen LogP) is 0.636. The maximum atomic E-state index is 12.5. The van der Waals surface area contributed by atoms with Gasteiger partial charge in [-0.1, -0.05) is 0 Å². The van der Waals surface area contributed by atoms with Gasteiger partial charge in [0.1, 0.15) is 5.82 Å². The lowest BCUT2D eigenvalue weighted by Gasteiger charge is -2.25. The summed E-state index contributed by atoms with van der Waals surface area (Å²) in [4.78, 5) is 1.73. The Hall–Kier alpha value is -1.62. The van der Waals surface area contributed by atoms with Crippen molar-refractivity contribution >= 4 is 0 Å². The zero-order valence-corrected chi connectivity index (χ0v) is 8.20. The van der Waals surface area contributed by atoms with E-state index < -0.39 is 12.0 Å². The summed E-state index contributed by atoms with van der Waals surface area (Å²) < 4.78 is 38.5. The summed E-state index contributed by atoms with van der Waals surface area (Å²) in [6, 6.07) is 1.95. The molecule has 1 aromatic heterocycles. The third-order valence-electron chi connectivity index (χ3n) is 2.38. The summed E-state index contributed by atoms with van der Waals surface area (Å²) in [6.07, 6.45) is -4.47. The van der Waals surface area contributed by atoms with E-state index in [2.05, 4.69) is 10.2 Å². The van der Waals surface area contributed by atoms with Gasteiger partial charge in [-0.15, -0.1) is 10.2 Å². The van der Waals surface area contributed by atoms with Crippen LogP contribution < -0.4 is 0 Å². The largest absolute Gasteiger partial charge is 0.451 e. The Labute approximate surface area is 89.1 Å². The molecule has 0 atom stereocenters. The fraction of sp³-hybridized carbons (Fsp3) is 0.625. The summed E-state index contributed by atoms with van der Waals surface area (Å²) in [7, 11) is 0. The van der Waals surface area contributed by atoms with Crippen molar-refractivity contribution in [3.63, 3.8) is 0 Å². The van der Waals surface area contributed by atoms with Crippen molar-refractivity contribution in [3.05, 3.63) is 11.6 Å². The van der Waals surface area contributed by atoms with Crippen molar-refractivity contribution < 1.29 is 13.2 Å². The minimum atomic E-state index is -4.47. The Bertz CT molecular complexity index is 430. The molecule has 1 aliphatic rings. The van der Waals surface area contributed by atoms with E-state index in [0.717, 1.165) is 4.57 Å². The van der Waals surface area contributed by atoms with E-state index in [1.165, 1.54) is 0 Å². The first-order valence-corrected chi connectivity index (χ1v) is 4.61. The van der Waals surface area contributed by atoms with Crippen molar-refractivity contribution in [2.45, 2.75) is 19.3 Å². The molecular formula is C8H8F3N5. The third-order valence-corrected chi connectivity index (χ3v) is 2.38. The van der Waals surface area contributed by atoms with E-state index in [9.17, 15) is 13.2 Å². The van der Waals surface area contributed by atoms with Crippen LogP contribution in [0.25, 0.3) is 0 Å². The number of aromatic nitrogens is 3. The predicted molar refractivity (Wildman–Crippen MR) is 45.9 cm³/mol. The van der Waals surface area contributed by atoms with E-state index in [0.29, 0.717) is 6.54 Å². The zero-order valence-electron chi connectivity index (χ0n) is 8.20. The van der Waals surface area contributed by atoms with Crippen LogP contribution in [-0.4, -0.2) is 32.8 Å². The van der Waals surface area contributed by atoms with Crippen molar-refractivity contribution in [1.82, 2.24) is 19.7 Å². The summed E-state index contributed by atoms with van der Waals surface area (Å²) in [5, 5.41) is 15.1. The molecule has 0 radical (unpaired) electrons. The van der Waals surface area contributed by atoms with Crippen LogP contribution in [0.1, 0.15) is 11.6 Å². The summed E-state index contributed by atoms with van der Waals surface area (Å²) in [6.45, 7) is 0.991. The van der Waals surface area contributed by atoms with Crippen molar-refractivity contribution in [3.8, 4) is 6.07 Å². The molecule has 2 rings (SSSR count). The highest BCUT2D eigenvalue weighted by Gasteiger charge is 2.39. The van der Waals surface area contributed by atoms with E-state index in [1.54, 1.807) is 4.90 Å². The number of nitriles is 1. The molecule has 0 amide bonds. The van der Waals surface area contributed by atoms with Gasteiger partial charge in [0.05, 0.1) is 19.2 Å². The minimum Gasteiger partial charge on any atom is -0.305 e. The maximum absolute atomic E-state index is 12.5. The van der Waals surface area contributed by atoms with Gasteiger partial charge >= 0.3 is 6.18 Å². The van der Waals surface area contributed by atoms with Crippen LogP contribution in [0.4, 0.5) is 13.2 Å². The lowest BCUT2D eigenvalue weighted by Crippen LogP contribution is -2.35. The smallest absolute Gasteiger partial charge is 0.305 e. The second-order valence-corrected chi connectivity index (χ2v) is 3.46. The molecule has 0 saturated carbocycles. The Kier molecular flexibility index (Phi) is 2.55. The highest BCUT2D eigenvalue weighted by molar-refractivity contribution is 5.02. The standard InChI is InChI=1S/C8H8F3N5/c9-8(10,11)7-14-13-6-5-15(2-1-12)3-4-16(6)7/h2-5H2. The second kappa shape index (κ2) is 3.75. The molecule has 2 heterocycles. The number of alkyl halides is 3. The van der Waals surface area contributed by atoms with E-state index in [-0.39, 0.29) is 25.5 Å². The lowest BCUT2D eigenvalue weighted by atomic mass is 10.3. The number of hydrogen-bond donors (Lipinski definition) is 0. The van der Waals surface area contributed by atoms with Crippen LogP contribution in [0.2, 0.25) is 0 Å². The number of rotatable bonds is 1. The highest BCUT2D eigenvalue weighted by Crippen LogP contribution is 2.29. The Morgan fingerprint density at radius 2 is 2.06 bits per heavy atom. The van der Waals surface area contributed by atoms with Crippen LogP contribution in [0.3, 0.4) is 0 Å². The number of hydrogen-bond acceptors (Lipinski definition) is 4. The van der Waals surface area contributed by atoms with Gasteiger partial charge in [-0.2, -0.15) is 18.4 Å². The van der Waals surface area contributed by atoms with Crippen LogP contribution in [-0.2, 0) is 19.3 Å². The molecule has 0 bridgehead atoms. The number of nitrogens with zero attached hydrogens (tertiary/aromatic N) is 5. The number of halogens is 3. The Morgan fingerprint density at radius 1 is 1.31 bits per heavy atom. The highest BCUT2D eigenvalue weighted by atomic mass is 19.4. The van der Waals surface area contributed by atoms with E-state index in [1.807, 2.05) is 6.07 Å². The first kappa shape index (κ1) is 10.9. The lowest BCUT2D eigenvalue weighted by molar-refractivity contribution is -0.148. The second-order valence-electron chi connectivity index (χ2n) is 3.46. The monoisotopic (exact) mass is 231 g/mol. The maximum Gasteiger partial charge on any atom is 0.451 e. The molecule has 8 heteroatoms. The van der Waals surface area contributed by atoms with Crippen LogP contribution in [0.15, 0.2) is 0 Å². The quantitative estimate of drug-likeness (QED) is 0.665. The van der Waals surface area contributed by atoms with Crippen LogP contribution in [0.5, 0.6) is 0 Å². The van der Waals surface area contributed by atoms with Gasteiger partial charge in [0.15, 0.2) is 0 Å². The SMILES string of the molecule is N#CCN1CCn2c(nnc2C(F)(F)F)C1. The minimum absolute atomic E-state index is 0.166.